The molecular weight excluding hydrogens is 168 g/mol. The third kappa shape index (κ3) is 5.58. The number of allylic oxidation sites excluding steroid dienone is 8. The molecular formula is C14H22. The quantitative estimate of drug-likeness (QED) is 0.558. The summed E-state index contributed by atoms with van der Waals surface area (Å²) in [4.78, 5) is 0. The molecule has 0 aliphatic heterocycles. The van der Waals surface area contributed by atoms with Gasteiger partial charge in [0.2, 0.25) is 0 Å². The van der Waals surface area contributed by atoms with Crippen molar-refractivity contribution in [1.82, 2.24) is 0 Å². The van der Waals surface area contributed by atoms with Crippen LogP contribution in [0.5, 0.6) is 0 Å². The zero-order valence-electron chi connectivity index (χ0n) is 10.1. The van der Waals surface area contributed by atoms with Crippen LogP contribution < -0.4 is 0 Å². The Morgan fingerprint density at radius 2 is 1.57 bits per heavy atom. The van der Waals surface area contributed by atoms with E-state index in [0.717, 1.165) is 6.42 Å². The highest BCUT2D eigenvalue weighted by Gasteiger charge is 1.92. The van der Waals surface area contributed by atoms with Crippen molar-refractivity contribution in [2.24, 2.45) is 0 Å². The summed E-state index contributed by atoms with van der Waals surface area (Å²) in [5, 5.41) is 0. The van der Waals surface area contributed by atoms with Crippen LogP contribution in [0.25, 0.3) is 0 Å². The van der Waals surface area contributed by atoms with Gasteiger partial charge in [0.1, 0.15) is 0 Å². The summed E-state index contributed by atoms with van der Waals surface area (Å²) in [6.07, 6.45) is 11.6. The van der Waals surface area contributed by atoms with Gasteiger partial charge in [-0.1, -0.05) is 42.9 Å². The van der Waals surface area contributed by atoms with E-state index in [9.17, 15) is 0 Å². The van der Waals surface area contributed by atoms with Crippen molar-refractivity contribution < 1.29 is 0 Å². The van der Waals surface area contributed by atoms with E-state index in [2.05, 4.69) is 65.0 Å². The second kappa shape index (κ2) is 7.37. The monoisotopic (exact) mass is 190 g/mol. The van der Waals surface area contributed by atoms with Crippen LogP contribution in [0.2, 0.25) is 0 Å². The molecule has 0 aliphatic carbocycles. The van der Waals surface area contributed by atoms with Crippen LogP contribution in [0.15, 0.2) is 47.1 Å². The molecule has 0 radical (unpaired) electrons. The third-order valence-corrected chi connectivity index (χ3v) is 2.28. The molecule has 0 aromatic heterocycles. The fraction of sp³-hybridized carbons (Fsp3) is 0.429. The van der Waals surface area contributed by atoms with Crippen molar-refractivity contribution in [1.29, 1.82) is 0 Å². The first-order chi connectivity index (χ1) is 6.59. The van der Waals surface area contributed by atoms with E-state index in [0.29, 0.717) is 0 Å². The Hall–Kier alpha value is -1.04. The molecule has 0 amide bonds. The molecule has 0 spiro atoms. The van der Waals surface area contributed by atoms with Crippen LogP contribution >= 0.6 is 0 Å². The maximum absolute atomic E-state index is 2.16. The van der Waals surface area contributed by atoms with Crippen LogP contribution in [0.4, 0.5) is 0 Å². The van der Waals surface area contributed by atoms with Gasteiger partial charge < -0.3 is 0 Å². The smallest absolute Gasteiger partial charge is 0.0376 e. The van der Waals surface area contributed by atoms with E-state index >= 15 is 0 Å². The Balaban J connectivity index is 4.34. The second-order valence-corrected chi connectivity index (χ2v) is 3.70. The van der Waals surface area contributed by atoms with E-state index in [1.54, 1.807) is 0 Å². The van der Waals surface area contributed by atoms with Crippen LogP contribution in [0.1, 0.15) is 41.0 Å². The van der Waals surface area contributed by atoms with E-state index in [1.807, 2.05) is 0 Å². The van der Waals surface area contributed by atoms with Crippen LogP contribution in [0.3, 0.4) is 0 Å². The van der Waals surface area contributed by atoms with Gasteiger partial charge in [-0.15, -0.1) is 0 Å². The largest absolute Gasteiger partial charge is 0.0848 e. The van der Waals surface area contributed by atoms with Gasteiger partial charge in [0.15, 0.2) is 0 Å². The molecule has 0 aromatic carbocycles. The fourth-order valence-electron chi connectivity index (χ4n) is 0.998. The lowest BCUT2D eigenvalue weighted by atomic mass is 10.0. The average molecular weight is 190 g/mol. The van der Waals surface area contributed by atoms with Gasteiger partial charge in [0.25, 0.3) is 0 Å². The van der Waals surface area contributed by atoms with Crippen molar-refractivity contribution in [3.05, 3.63) is 47.1 Å². The van der Waals surface area contributed by atoms with Crippen molar-refractivity contribution >= 4 is 0 Å². The summed E-state index contributed by atoms with van der Waals surface area (Å²) in [5.74, 6) is 0. The highest BCUT2D eigenvalue weighted by molar-refractivity contribution is 5.33. The predicted octanol–water partition coefficient (Wildman–Crippen LogP) is 4.81. The summed E-state index contributed by atoms with van der Waals surface area (Å²) in [6.45, 7) is 10.7. The normalized spacial score (nSPS) is 12.8. The van der Waals surface area contributed by atoms with Gasteiger partial charge in [0.05, 0.1) is 0 Å². The molecule has 0 saturated heterocycles. The Labute approximate surface area is 88.7 Å². The van der Waals surface area contributed by atoms with Gasteiger partial charge in [-0.3, -0.25) is 0 Å². The van der Waals surface area contributed by atoms with E-state index in [4.69, 9.17) is 0 Å². The summed E-state index contributed by atoms with van der Waals surface area (Å²) in [6, 6.07) is 0. The Morgan fingerprint density at radius 1 is 0.929 bits per heavy atom. The minimum atomic E-state index is 1.10. The first-order valence-electron chi connectivity index (χ1n) is 5.24. The molecule has 0 atom stereocenters. The summed E-state index contributed by atoms with van der Waals surface area (Å²) < 4.78 is 0. The van der Waals surface area contributed by atoms with Gasteiger partial charge in [-0.05, 0) is 45.3 Å². The van der Waals surface area contributed by atoms with Gasteiger partial charge >= 0.3 is 0 Å². The molecule has 0 heterocycles. The molecule has 0 aliphatic rings. The van der Waals surface area contributed by atoms with Gasteiger partial charge in [0, 0.05) is 0 Å². The summed E-state index contributed by atoms with van der Waals surface area (Å²) >= 11 is 0. The van der Waals surface area contributed by atoms with Crippen LogP contribution in [-0.2, 0) is 0 Å². The molecule has 14 heavy (non-hydrogen) atoms. The molecule has 0 unspecified atom stereocenters. The predicted molar refractivity (Wildman–Crippen MR) is 66.4 cm³/mol. The molecule has 0 saturated carbocycles. The first-order valence-corrected chi connectivity index (χ1v) is 5.24. The van der Waals surface area contributed by atoms with Crippen molar-refractivity contribution in [3.8, 4) is 0 Å². The Kier molecular flexibility index (Phi) is 6.82. The summed E-state index contributed by atoms with van der Waals surface area (Å²) in [7, 11) is 0. The molecule has 0 N–H and O–H groups in total. The van der Waals surface area contributed by atoms with E-state index < -0.39 is 0 Å². The topological polar surface area (TPSA) is 0 Å². The lowest BCUT2D eigenvalue weighted by Gasteiger charge is -2.02. The average Bonchev–Trinajstić information content (AvgIpc) is 2.16. The Morgan fingerprint density at radius 3 is 2.07 bits per heavy atom. The van der Waals surface area contributed by atoms with Crippen molar-refractivity contribution in [2.75, 3.05) is 0 Å². The van der Waals surface area contributed by atoms with E-state index in [-0.39, 0.29) is 0 Å². The van der Waals surface area contributed by atoms with Crippen molar-refractivity contribution in [3.63, 3.8) is 0 Å². The van der Waals surface area contributed by atoms with Crippen LogP contribution in [0, 0.1) is 0 Å². The van der Waals surface area contributed by atoms with E-state index in [1.165, 1.54) is 16.7 Å². The molecule has 0 rings (SSSR count). The molecule has 0 aromatic rings. The molecule has 0 fully saturated rings. The molecule has 78 valence electrons. The number of rotatable bonds is 4. The molecule has 0 bridgehead atoms. The van der Waals surface area contributed by atoms with Gasteiger partial charge in [-0.2, -0.15) is 0 Å². The molecule has 0 nitrogen and oxygen atoms in total. The minimum Gasteiger partial charge on any atom is -0.0848 e. The minimum absolute atomic E-state index is 1.10. The maximum atomic E-state index is 2.16. The lowest BCUT2D eigenvalue weighted by molar-refractivity contribution is 1.22. The standard InChI is InChI=1S/C14H22/c1-6-7-8-9-10-11-13(4)14(5)12(2)3/h7-11H,6H2,1-5H3. The number of hydrogen-bond acceptors (Lipinski definition) is 0. The zero-order valence-corrected chi connectivity index (χ0v) is 10.1. The molecule has 0 heteroatoms. The number of hydrogen-bond donors (Lipinski definition) is 0. The third-order valence-electron chi connectivity index (χ3n) is 2.28. The Bertz CT molecular complexity index is 268. The first kappa shape index (κ1) is 13.0. The zero-order chi connectivity index (χ0) is 11.0. The SMILES string of the molecule is CCC=CC=CC=C(C)C(C)=C(C)C. The van der Waals surface area contributed by atoms with Crippen molar-refractivity contribution in [2.45, 2.75) is 41.0 Å². The lowest BCUT2D eigenvalue weighted by Crippen LogP contribution is -1.81. The van der Waals surface area contributed by atoms with Gasteiger partial charge in [-0.25, -0.2) is 0 Å². The highest BCUT2D eigenvalue weighted by Crippen LogP contribution is 2.12. The fourth-order valence-corrected chi connectivity index (χ4v) is 0.998. The van der Waals surface area contributed by atoms with Crippen LogP contribution in [-0.4, -0.2) is 0 Å². The summed E-state index contributed by atoms with van der Waals surface area (Å²) in [5.41, 5.74) is 4.11. The highest BCUT2D eigenvalue weighted by atomic mass is 14.0. The second-order valence-electron chi connectivity index (χ2n) is 3.70. The maximum Gasteiger partial charge on any atom is -0.0376 e.